The summed E-state index contributed by atoms with van der Waals surface area (Å²) in [7, 11) is 0. The van der Waals surface area contributed by atoms with Gasteiger partial charge in [-0.1, -0.05) is 12.1 Å². The molecule has 1 aliphatic rings. The Kier molecular flexibility index (Phi) is 4.07. The number of hydrogen-bond donors (Lipinski definition) is 0. The highest BCUT2D eigenvalue weighted by Crippen LogP contribution is 2.31. The molecule has 0 unspecified atom stereocenters. The molecule has 0 bridgehead atoms. The van der Waals surface area contributed by atoms with Gasteiger partial charge in [0.1, 0.15) is 17.0 Å². The van der Waals surface area contributed by atoms with Crippen molar-refractivity contribution in [2.45, 2.75) is 32.6 Å². The van der Waals surface area contributed by atoms with E-state index in [0.717, 1.165) is 65.7 Å². The van der Waals surface area contributed by atoms with E-state index in [0.29, 0.717) is 11.9 Å². The maximum Gasteiger partial charge on any atom is 0.245 e. The van der Waals surface area contributed by atoms with Gasteiger partial charge in [-0.05, 0) is 44.9 Å². The number of hydrogen-bond acceptors (Lipinski definition) is 7. The summed E-state index contributed by atoms with van der Waals surface area (Å²) in [4.78, 5) is 11.6. The number of anilines is 1. The van der Waals surface area contributed by atoms with Crippen LogP contribution in [0.4, 0.5) is 5.95 Å². The number of rotatable bonds is 3. The number of nitrogens with zero attached hydrogens (tertiary/aromatic N) is 5. The molecule has 7 nitrogen and oxygen atoms in total. The molecule has 0 N–H and O–H groups in total. The maximum atomic E-state index is 5.96. The van der Waals surface area contributed by atoms with Gasteiger partial charge in [-0.2, -0.15) is 5.10 Å². The minimum absolute atomic E-state index is 0.318. The van der Waals surface area contributed by atoms with E-state index in [9.17, 15) is 0 Å². The topological polar surface area (TPSA) is 81.1 Å². The van der Waals surface area contributed by atoms with E-state index < -0.39 is 0 Å². The monoisotopic (exact) mass is 375 g/mol. The first-order valence-electron chi connectivity index (χ1n) is 9.55. The molecule has 5 rings (SSSR count). The molecule has 28 heavy (non-hydrogen) atoms. The summed E-state index contributed by atoms with van der Waals surface area (Å²) in [5.41, 5.74) is 3.53. The van der Waals surface area contributed by atoms with Crippen LogP contribution in [-0.2, 0) is 0 Å². The first-order chi connectivity index (χ1) is 13.7. The van der Waals surface area contributed by atoms with E-state index >= 15 is 0 Å². The maximum absolute atomic E-state index is 5.96. The highest BCUT2D eigenvalue weighted by Gasteiger charge is 2.26. The van der Waals surface area contributed by atoms with Crippen molar-refractivity contribution in [1.29, 1.82) is 0 Å². The Morgan fingerprint density at radius 2 is 1.86 bits per heavy atom. The third kappa shape index (κ3) is 3.02. The number of oxazole rings is 1. The summed E-state index contributed by atoms with van der Waals surface area (Å²) in [6.07, 6.45) is 3.58. The summed E-state index contributed by atoms with van der Waals surface area (Å²) < 4.78 is 11.6. The van der Waals surface area contributed by atoms with Gasteiger partial charge >= 0.3 is 0 Å². The van der Waals surface area contributed by atoms with Gasteiger partial charge in [-0.3, -0.25) is 0 Å². The number of para-hydroxylation sites is 2. The quantitative estimate of drug-likeness (QED) is 0.529. The largest absolute Gasteiger partial charge is 0.466 e. The average molecular weight is 375 g/mol. The van der Waals surface area contributed by atoms with Crippen molar-refractivity contribution in [3.8, 4) is 11.3 Å². The summed E-state index contributed by atoms with van der Waals surface area (Å²) in [6, 6.07) is 9.90. The van der Waals surface area contributed by atoms with Crippen LogP contribution < -0.4 is 4.90 Å². The zero-order valence-corrected chi connectivity index (χ0v) is 15.9. The number of piperidine rings is 1. The van der Waals surface area contributed by atoms with Crippen LogP contribution in [0.15, 0.2) is 45.4 Å². The van der Waals surface area contributed by atoms with Crippen molar-refractivity contribution in [2.75, 3.05) is 18.0 Å². The Morgan fingerprint density at radius 1 is 1.04 bits per heavy atom. The molecule has 1 saturated heterocycles. The van der Waals surface area contributed by atoms with Crippen molar-refractivity contribution >= 4 is 17.0 Å². The number of aryl methyl sites for hydroxylation is 2. The summed E-state index contributed by atoms with van der Waals surface area (Å²) in [5.74, 6) is 3.52. The van der Waals surface area contributed by atoms with Crippen LogP contribution in [0.5, 0.6) is 0 Å². The molecule has 1 aromatic carbocycles. The van der Waals surface area contributed by atoms with Gasteiger partial charge in [-0.25, -0.2) is 9.97 Å². The second-order valence-corrected chi connectivity index (χ2v) is 7.25. The van der Waals surface area contributed by atoms with E-state index in [2.05, 4.69) is 20.1 Å². The van der Waals surface area contributed by atoms with Crippen molar-refractivity contribution in [1.82, 2.24) is 20.2 Å². The number of fused-ring (bicyclic) bond motifs is 1. The third-order valence-corrected chi connectivity index (χ3v) is 5.30. The van der Waals surface area contributed by atoms with Gasteiger partial charge in [0.2, 0.25) is 5.95 Å². The molecule has 4 heterocycles. The van der Waals surface area contributed by atoms with Crippen LogP contribution in [0.1, 0.15) is 36.2 Å². The molecule has 4 aromatic rings. The summed E-state index contributed by atoms with van der Waals surface area (Å²) >= 11 is 0. The van der Waals surface area contributed by atoms with Crippen LogP contribution in [0.3, 0.4) is 0 Å². The third-order valence-electron chi connectivity index (χ3n) is 5.30. The molecule has 0 atom stereocenters. The van der Waals surface area contributed by atoms with E-state index in [1.54, 1.807) is 6.20 Å². The predicted molar refractivity (Wildman–Crippen MR) is 105 cm³/mol. The first-order valence-corrected chi connectivity index (χ1v) is 9.55. The fraction of sp³-hybridized carbons (Fsp3) is 0.333. The second kappa shape index (κ2) is 6.74. The molecule has 0 radical (unpaired) electrons. The van der Waals surface area contributed by atoms with E-state index in [-0.39, 0.29) is 0 Å². The van der Waals surface area contributed by atoms with Crippen molar-refractivity contribution in [3.63, 3.8) is 0 Å². The van der Waals surface area contributed by atoms with Crippen LogP contribution in [0.2, 0.25) is 0 Å². The molecular formula is C21H21N5O2. The van der Waals surface area contributed by atoms with Gasteiger partial charge in [0.15, 0.2) is 11.5 Å². The second-order valence-electron chi connectivity index (χ2n) is 7.25. The standard InChI is InChI=1S/C21H21N5O2/c1-13-11-16(14(2)27-13)18-12-22-25-21(24-18)26-9-7-15(8-10-26)20-23-17-5-3-4-6-19(17)28-20/h3-6,11-12,15H,7-10H2,1-2H3. The van der Waals surface area contributed by atoms with Crippen LogP contribution in [0, 0.1) is 13.8 Å². The van der Waals surface area contributed by atoms with Crippen molar-refractivity contribution in [3.05, 3.63) is 53.9 Å². The predicted octanol–water partition coefficient (Wildman–Crippen LogP) is 4.27. The molecule has 0 spiro atoms. The number of benzene rings is 1. The zero-order valence-electron chi connectivity index (χ0n) is 15.9. The Labute approximate surface area is 162 Å². The van der Waals surface area contributed by atoms with Gasteiger partial charge in [0.05, 0.1) is 11.9 Å². The van der Waals surface area contributed by atoms with Crippen molar-refractivity contribution in [2.24, 2.45) is 0 Å². The summed E-state index contributed by atoms with van der Waals surface area (Å²) in [5, 5.41) is 8.42. The van der Waals surface area contributed by atoms with Crippen molar-refractivity contribution < 1.29 is 8.83 Å². The van der Waals surface area contributed by atoms with Gasteiger partial charge in [-0.15, -0.1) is 5.10 Å². The van der Waals surface area contributed by atoms with Gasteiger partial charge in [0, 0.05) is 24.6 Å². The minimum Gasteiger partial charge on any atom is -0.466 e. The van der Waals surface area contributed by atoms with Gasteiger partial charge < -0.3 is 13.7 Å². The molecule has 0 aliphatic carbocycles. The fourth-order valence-corrected chi connectivity index (χ4v) is 3.83. The lowest BCUT2D eigenvalue weighted by atomic mass is 9.97. The molecular weight excluding hydrogens is 354 g/mol. The average Bonchev–Trinajstić information content (AvgIpc) is 3.31. The Balaban J connectivity index is 1.33. The van der Waals surface area contributed by atoms with Crippen LogP contribution in [-0.4, -0.2) is 33.3 Å². The molecule has 3 aromatic heterocycles. The minimum atomic E-state index is 0.318. The smallest absolute Gasteiger partial charge is 0.245 e. The van der Waals surface area contributed by atoms with Crippen LogP contribution in [0.25, 0.3) is 22.4 Å². The zero-order chi connectivity index (χ0) is 19.1. The molecule has 0 saturated carbocycles. The van der Waals surface area contributed by atoms with E-state index in [1.807, 2.05) is 44.2 Å². The first kappa shape index (κ1) is 16.9. The highest BCUT2D eigenvalue weighted by molar-refractivity contribution is 5.72. The van der Waals surface area contributed by atoms with Gasteiger partial charge in [0.25, 0.3) is 0 Å². The number of furan rings is 1. The Bertz CT molecular complexity index is 1090. The molecule has 0 amide bonds. The fourth-order valence-electron chi connectivity index (χ4n) is 3.83. The van der Waals surface area contributed by atoms with Crippen LogP contribution >= 0.6 is 0 Å². The normalized spacial score (nSPS) is 15.4. The SMILES string of the molecule is Cc1cc(-c2cnnc(N3CCC(c4nc5ccccc5o4)CC3)n2)c(C)o1. The van der Waals surface area contributed by atoms with E-state index in [1.165, 1.54) is 0 Å². The number of aromatic nitrogens is 4. The lowest BCUT2D eigenvalue weighted by Gasteiger charge is -2.30. The van der Waals surface area contributed by atoms with E-state index in [4.69, 9.17) is 13.8 Å². The molecule has 1 fully saturated rings. The highest BCUT2D eigenvalue weighted by atomic mass is 16.3. The lowest BCUT2D eigenvalue weighted by Crippen LogP contribution is -2.34. The molecule has 142 valence electrons. The Hall–Kier alpha value is -3.22. The Morgan fingerprint density at radius 3 is 2.61 bits per heavy atom. The lowest BCUT2D eigenvalue weighted by molar-refractivity contribution is 0.405. The molecule has 1 aliphatic heterocycles. The molecule has 7 heteroatoms. The summed E-state index contributed by atoms with van der Waals surface area (Å²) in [6.45, 7) is 5.56.